The van der Waals surface area contributed by atoms with Crippen molar-refractivity contribution in [3.63, 3.8) is 0 Å². The van der Waals surface area contributed by atoms with Gasteiger partial charge in [0.05, 0.1) is 0 Å². The van der Waals surface area contributed by atoms with E-state index in [1.54, 1.807) is 0 Å². The Kier molecular flexibility index (Phi) is 7.91. The van der Waals surface area contributed by atoms with Crippen LogP contribution in [0.1, 0.15) is 58.4 Å². The third kappa shape index (κ3) is 5.86. The number of carbonyl (C=O) groups excluding carboxylic acids is 3. The monoisotopic (exact) mass is 491 g/mol. The Morgan fingerprint density at radius 2 is 1.92 bits per heavy atom. The van der Waals surface area contributed by atoms with Crippen molar-refractivity contribution in [2.24, 2.45) is 10.9 Å². The van der Waals surface area contributed by atoms with Gasteiger partial charge in [-0.15, -0.1) is 0 Å². The van der Waals surface area contributed by atoms with Gasteiger partial charge in [0.25, 0.3) is 5.91 Å². The molecule has 1 unspecified atom stereocenters. The molecule has 8 heteroatoms. The van der Waals surface area contributed by atoms with E-state index in [1.165, 1.54) is 5.57 Å². The van der Waals surface area contributed by atoms with Gasteiger partial charge in [0.15, 0.2) is 0 Å². The first kappa shape index (κ1) is 25.7. The molecule has 0 bridgehead atoms. The van der Waals surface area contributed by atoms with Crippen LogP contribution in [-0.2, 0) is 9.59 Å². The van der Waals surface area contributed by atoms with Crippen LogP contribution in [0.15, 0.2) is 47.1 Å². The van der Waals surface area contributed by atoms with Gasteiger partial charge < -0.3 is 15.1 Å². The Hall–Kier alpha value is -3.42. The molecule has 3 aliphatic rings. The first-order valence-electron chi connectivity index (χ1n) is 12.9. The predicted octanol–water partition coefficient (Wildman–Crippen LogP) is 3.89. The molecule has 2 aliphatic heterocycles. The Labute approximate surface area is 213 Å². The van der Waals surface area contributed by atoms with Crippen LogP contribution in [0.25, 0.3) is 5.57 Å². The summed E-state index contributed by atoms with van der Waals surface area (Å²) < 4.78 is 0. The number of carbonyl (C=O) groups is 3. The van der Waals surface area contributed by atoms with Crippen molar-refractivity contribution in [3.05, 3.63) is 47.7 Å². The molecule has 1 aliphatic carbocycles. The zero-order valence-corrected chi connectivity index (χ0v) is 21.5. The van der Waals surface area contributed by atoms with E-state index in [1.807, 2.05) is 23.4 Å². The third-order valence-corrected chi connectivity index (χ3v) is 7.55. The van der Waals surface area contributed by atoms with Gasteiger partial charge in [-0.05, 0) is 74.8 Å². The fourth-order valence-electron chi connectivity index (χ4n) is 4.89. The highest BCUT2D eigenvalue weighted by Crippen LogP contribution is 2.43. The first-order valence-corrected chi connectivity index (χ1v) is 12.9. The van der Waals surface area contributed by atoms with Crippen molar-refractivity contribution in [1.29, 1.82) is 0 Å². The predicted molar refractivity (Wildman–Crippen MR) is 143 cm³/mol. The summed E-state index contributed by atoms with van der Waals surface area (Å²) in [6.45, 7) is 9.07. The van der Waals surface area contributed by atoms with E-state index in [-0.39, 0.29) is 24.2 Å². The van der Waals surface area contributed by atoms with Crippen LogP contribution in [-0.4, -0.2) is 60.7 Å². The number of hydrogen-bond acceptors (Lipinski definition) is 5. The van der Waals surface area contributed by atoms with Gasteiger partial charge in [0.2, 0.25) is 5.91 Å². The van der Waals surface area contributed by atoms with Gasteiger partial charge in [-0.1, -0.05) is 24.6 Å². The minimum Gasteiger partial charge on any atom is -0.368 e. The number of nitrogens with zero attached hydrogens (tertiary/aromatic N) is 3. The van der Waals surface area contributed by atoms with Crippen LogP contribution in [0.3, 0.4) is 0 Å². The molecule has 4 amide bonds. The smallest absolute Gasteiger partial charge is 0.322 e. The number of piperazine rings is 1. The van der Waals surface area contributed by atoms with Crippen molar-refractivity contribution < 1.29 is 14.4 Å². The maximum Gasteiger partial charge on any atom is 0.322 e. The largest absolute Gasteiger partial charge is 0.368 e. The zero-order chi connectivity index (χ0) is 25.7. The molecule has 3 fully saturated rings. The molecule has 2 saturated heterocycles. The molecule has 1 aromatic rings. The van der Waals surface area contributed by atoms with Crippen molar-refractivity contribution >= 4 is 35.3 Å². The van der Waals surface area contributed by atoms with E-state index < -0.39 is 11.6 Å². The lowest BCUT2D eigenvalue weighted by atomic mass is 9.87. The number of amides is 4. The van der Waals surface area contributed by atoms with Crippen molar-refractivity contribution in [2.75, 3.05) is 31.1 Å². The molecule has 2 N–H and O–H groups in total. The van der Waals surface area contributed by atoms with Gasteiger partial charge >= 0.3 is 6.03 Å². The van der Waals surface area contributed by atoms with E-state index >= 15 is 0 Å². The molecule has 1 saturated carbocycles. The summed E-state index contributed by atoms with van der Waals surface area (Å²) in [6, 6.07) is 7.97. The number of benzene rings is 1. The fraction of sp³-hybridized carbons (Fsp3) is 0.500. The van der Waals surface area contributed by atoms with E-state index in [9.17, 15) is 14.4 Å². The molecule has 192 valence electrons. The standard InChI is InChI=1S/C28H37N5O3/c1-4-20(2)11-13-29-19-21(3)22-6-5-7-24(18-22)32-14-16-33(17-15-32)25(34)10-12-28(23-8-9-23)26(35)30-27(36)31-28/h5-7,11,13,18-19,23H,4,8-10,12,14-17H2,1-3H3,(H2,30,31,35,36)/b20-11+,21-19+,29-13+. The summed E-state index contributed by atoms with van der Waals surface area (Å²) >= 11 is 0. The summed E-state index contributed by atoms with van der Waals surface area (Å²) in [7, 11) is 0. The first-order chi connectivity index (χ1) is 17.3. The molecule has 2 heterocycles. The molecule has 1 atom stereocenters. The Morgan fingerprint density at radius 1 is 1.17 bits per heavy atom. The van der Waals surface area contributed by atoms with Crippen LogP contribution in [0.2, 0.25) is 0 Å². The van der Waals surface area contributed by atoms with Crippen molar-refractivity contribution in [3.8, 4) is 0 Å². The molecule has 0 aromatic heterocycles. The molecule has 0 spiro atoms. The van der Waals surface area contributed by atoms with E-state index in [2.05, 4.69) is 65.6 Å². The number of imide groups is 1. The lowest BCUT2D eigenvalue weighted by Gasteiger charge is -2.37. The van der Waals surface area contributed by atoms with Crippen LogP contribution in [0.5, 0.6) is 0 Å². The number of anilines is 1. The average molecular weight is 492 g/mol. The maximum atomic E-state index is 12.9. The zero-order valence-electron chi connectivity index (χ0n) is 21.5. The van der Waals surface area contributed by atoms with Gasteiger partial charge in [-0.25, -0.2) is 4.79 Å². The fourth-order valence-corrected chi connectivity index (χ4v) is 4.89. The van der Waals surface area contributed by atoms with Gasteiger partial charge in [-0.3, -0.25) is 19.9 Å². The number of aliphatic imine (C=N–C) groups is 1. The molecule has 0 radical (unpaired) electrons. The van der Waals surface area contributed by atoms with Crippen LogP contribution in [0, 0.1) is 5.92 Å². The summed E-state index contributed by atoms with van der Waals surface area (Å²) in [5.74, 6) is -0.0996. The highest BCUT2D eigenvalue weighted by atomic mass is 16.2. The maximum absolute atomic E-state index is 12.9. The average Bonchev–Trinajstić information content (AvgIpc) is 3.70. The quantitative estimate of drug-likeness (QED) is 0.405. The van der Waals surface area contributed by atoms with E-state index in [0.29, 0.717) is 19.5 Å². The van der Waals surface area contributed by atoms with Gasteiger partial charge in [-0.2, -0.15) is 0 Å². The SMILES string of the molecule is CC/C(C)=C/C=N/C=C(\C)c1cccc(N2CCN(C(=O)CCC3(C4CC4)NC(=O)NC3=O)CC2)c1. The molecule has 1 aromatic carbocycles. The summed E-state index contributed by atoms with van der Waals surface area (Å²) in [5, 5.41) is 5.16. The number of urea groups is 1. The molecule has 4 rings (SSSR count). The summed E-state index contributed by atoms with van der Waals surface area (Å²) in [4.78, 5) is 45.7. The normalized spacial score (nSPS) is 23.3. The number of hydrogen-bond donors (Lipinski definition) is 2. The second-order valence-corrected chi connectivity index (χ2v) is 10.0. The van der Waals surface area contributed by atoms with Crippen LogP contribution >= 0.6 is 0 Å². The molecule has 8 nitrogen and oxygen atoms in total. The third-order valence-electron chi connectivity index (χ3n) is 7.55. The van der Waals surface area contributed by atoms with Gasteiger partial charge in [0.1, 0.15) is 5.54 Å². The van der Waals surface area contributed by atoms with E-state index in [4.69, 9.17) is 0 Å². The lowest BCUT2D eigenvalue weighted by Crippen LogP contribution is -2.51. The Morgan fingerprint density at radius 3 is 2.56 bits per heavy atom. The number of rotatable bonds is 9. The number of nitrogens with one attached hydrogen (secondary N) is 2. The lowest BCUT2D eigenvalue weighted by molar-refractivity contribution is -0.132. The second kappa shape index (κ2) is 11.1. The molecule has 36 heavy (non-hydrogen) atoms. The number of allylic oxidation sites excluding steroid dienone is 3. The highest BCUT2D eigenvalue weighted by molar-refractivity contribution is 6.07. The highest BCUT2D eigenvalue weighted by Gasteiger charge is 2.55. The topological polar surface area (TPSA) is 94.1 Å². The Bertz CT molecular complexity index is 1100. The summed E-state index contributed by atoms with van der Waals surface area (Å²) in [6.07, 6.45) is 9.22. The minimum absolute atomic E-state index is 0.0429. The van der Waals surface area contributed by atoms with Crippen molar-refractivity contribution in [1.82, 2.24) is 15.5 Å². The minimum atomic E-state index is -0.907. The molecular formula is C28H37N5O3. The van der Waals surface area contributed by atoms with Crippen LogP contribution < -0.4 is 15.5 Å². The molecular weight excluding hydrogens is 454 g/mol. The second-order valence-electron chi connectivity index (χ2n) is 10.0. The van der Waals surface area contributed by atoms with Crippen LogP contribution in [0.4, 0.5) is 10.5 Å². The van der Waals surface area contributed by atoms with Gasteiger partial charge in [0, 0.05) is 50.7 Å². The van der Waals surface area contributed by atoms with Crippen molar-refractivity contribution in [2.45, 2.75) is 58.4 Å². The summed E-state index contributed by atoms with van der Waals surface area (Å²) in [5.41, 5.74) is 3.74. The van der Waals surface area contributed by atoms with E-state index in [0.717, 1.165) is 49.2 Å². The Balaban J connectivity index is 1.31.